The third-order valence-electron chi connectivity index (χ3n) is 3.66. The number of nitrogens with zero attached hydrogens (tertiary/aromatic N) is 2. The standard InChI is InChI=1S/C16H17BrN4O/c17-15-10-19-13(8-20-15)9-21-16(22)12-4-5-14-11(7-12)3-1-2-6-18-14/h4-5,7-8,10,18H,1-3,6,9H2,(H,21,22). The predicted octanol–water partition coefficient (Wildman–Crippen LogP) is 2.92. The van der Waals surface area contributed by atoms with Gasteiger partial charge in [0.25, 0.3) is 5.91 Å². The zero-order valence-electron chi connectivity index (χ0n) is 12.1. The Hall–Kier alpha value is -1.95. The van der Waals surface area contributed by atoms with Gasteiger partial charge in [0.05, 0.1) is 24.6 Å². The predicted molar refractivity (Wildman–Crippen MR) is 88.8 cm³/mol. The molecule has 1 aromatic carbocycles. The number of hydrogen-bond acceptors (Lipinski definition) is 4. The van der Waals surface area contributed by atoms with Crippen LogP contribution in [-0.2, 0) is 13.0 Å². The van der Waals surface area contributed by atoms with Crippen LogP contribution in [0.4, 0.5) is 5.69 Å². The number of aromatic nitrogens is 2. The summed E-state index contributed by atoms with van der Waals surface area (Å²) in [4.78, 5) is 20.6. The molecule has 1 aliphatic rings. The van der Waals surface area contributed by atoms with Crippen molar-refractivity contribution in [3.63, 3.8) is 0 Å². The fourth-order valence-electron chi connectivity index (χ4n) is 2.48. The lowest BCUT2D eigenvalue weighted by Crippen LogP contribution is -2.23. The van der Waals surface area contributed by atoms with E-state index in [1.807, 2.05) is 18.2 Å². The van der Waals surface area contributed by atoms with Crippen LogP contribution in [0.1, 0.15) is 34.5 Å². The molecule has 6 heteroatoms. The van der Waals surface area contributed by atoms with Crippen molar-refractivity contribution in [2.75, 3.05) is 11.9 Å². The SMILES string of the molecule is O=C(NCc1cnc(Br)cn1)c1ccc2c(c1)CCCCN2. The molecule has 1 aliphatic heterocycles. The molecule has 0 spiro atoms. The zero-order chi connectivity index (χ0) is 15.4. The molecule has 2 aromatic rings. The molecular formula is C16H17BrN4O. The summed E-state index contributed by atoms with van der Waals surface area (Å²) in [5.41, 5.74) is 3.78. The van der Waals surface area contributed by atoms with Crippen molar-refractivity contribution in [3.8, 4) is 0 Å². The van der Waals surface area contributed by atoms with Crippen LogP contribution in [0.3, 0.4) is 0 Å². The Morgan fingerprint density at radius 1 is 1.27 bits per heavy atom. The lowest BCUT2D eigenvalue weighted by molar-refractivity contribution is 0.0950. The Morgan fingerprint density at radius 2 is 2.18 bits per heavy atom. The normalized spacial score (nSPS) is 13.7. The lowest BCUT2D eigenvalue weighted by atomic mass is 10.0. The molecule has 0 fully saturated rings. The topological polar surface area (TPSA) is 66.9 Å². The van der Waals surface area contributed by atoms with Crippen molar-refractivity contribution in [2.24, 2.45) is 0 Å². The summed E-state index contributed by atoms with van der Waals surface area (Å²) in [6.07, 6.45) is 6.60. The van der Waals surface area contributed by atoms with E-state index in [0.717, 1.165) is 30.8 Å². The second kappa shape index (κ2) is 6.87. The smallest absolute Gasteiger partial charge is 0.251 e. The molecule has 0 radical (unpaired) electrons. The third-order valence-corrected chi connectivity index (χ3v) is 4.07. The van der Waals surface area contributed by atoms with Gasteiger partial charge in [-0.3, -0.25) is 9.78 Å². The van der Waals surface area contributed by atoms with Gasteiger partial charge in [0, 0.05) is 17.8 Å². The number of benzene rings is 1. The molecule has 0 aliphatic carbocycles. The molecule has 2 N–H and O–H groups in total. The maximum absolute atomic E-state index is 12.3. The van der Waals surface area contributed by atoms with Gasteiger partial charge in [0.2, 0.25) is 0 Å². The van der Waals surface area contributed by atoms with Crippen LogP contribution >= 0.6 is 15.9 Å². The first-order valence-corrected chi connectivity index (χ1v) is 8.13. The second-order valence-electron chi connectivity index (χ2n) is 5.27. The zero-order valence-corrected chi connectivity index (χ0v) is 13.7. The Bertz CT molecular complexity index is 672. The minimum absolute atomic E-state index is 0.0863. The van der Waals surface area contributed by atoms with Gasteiger partial charge in [-0.2, -0.15) is 0 Å². The molecule has 22 heavy (non-hydrogen) atoms. The first-order chi connectivity index (χ1) is 10.7. The summed E-state index contributed by atoms with van der Waals surface area (Å²) in [6.45, 7) is 1.37. The molecule has 0 saturated heterocycles. The molecular weight excluding hydrogens is 344 g/mol. The maximum atomic E-state index is 12.3. The molecule has 0 bridgehead atoms. The van der Waals surface area contributed by atoms with E-state index in [1.165, 1.54) is 12.0 Å². The minimum Gasteiger partial charge on any atom is -0.385 e. The summed E-state index contributed by atoms with van der Waals surface area (Å²) >= 11 is 3.24. The van der Waals surface area contributed by atoms with Gasteiger partial charge in [-0.05, 0) is 59.0 Å². The van der Waals surface area contributed by atoms with Crippen molar-refractivity contribution >= 4 is 27.5 Å². The fraction of sp³-hybridized carbons (Fsp3) is 0.312. The lowest BCUT2D eigenvalue weighted by Gasteiger charge is -2.10. The van der Waals surface area contributed by atoms with E-state index in [-0.39, 0.29) is 5.91 Å². The molecule has 114 valence electrons. The molecule has 1 aromatic heterocycles. The average molecular weight is 361 g/mol. The van der Waals surface area contributed by atoms with Crippen molar-refractivity contribution < 1.29 is 4.79 Å². The third kappa shape index (κ3) is 3.62. The monoisotopic (exact) mass is 360 g/mol. The fourth-order valence-corrected chi connectivity index (χ4v) is 2.69. The maximum Gasteiger partial charge on any atom is 0.251 e. The Kier molecular flexibility index (Phi) is 4.68. The largest absolute Gasteiger partial charge is 0.385 e. The highest BCUT2D eigenvalue weighted by atomic mass is 79.9. The number of halogens is 1. The number of fused-ring (bicyclic) bond motifs is 1. The van der Waals surface area contributed by atoms with E-state index in [1.54, 1.807) is 12.4 Å². The van der Waals surface area contributed by atoms with E-state index in [9.17, 15) is 4.79 Å². The average Bonchev–Trinajstić information content (AvgIpc) is 2.78. The number of rotatable bonds is 3. The Balaban J connectivity index is 1.67. The first kappa shape index (κ1) is 15.0. The number of nitrogens with one attached hydrogen (secondary N) is 2. The van der Waals surface area contributed by atoms with Crippen molar-refractivity contribution in [1.82, 2.24) is 15.3 Å². The number of amides is 1. The Labute approximate surface area is 137 Å². The van der Waals surface area contributed by atoms with Crippen molar-refractivity contribution in [3.05, 3.63) is 52.0 Å². The highest BCUT2D eigenvalue weighted by Gasteiger charge is 2.11. The highest BCUT2D eigenvalue weighted by molar-refractivity contribution is 9.10. The van der Waals surface area contributed by atoms with E-state index in [4.69, 9.17) is 0 Å². The van der Waals surface area contributed by atoms with Gasteiger partial charge in [-0.1, -0.05) is 0 Å². The summed E-state index contributed by atoms with van der Waals surface area (Å²) in [7, 11) is 0. The van der Waals surface area contributed by atoms with Crippen LogP contribution in [0.2, 0.25) is 0 Å². The number of aryl methyl sites for hydroxylation is 1. The van der Waals surface area contributed by atoms with Crippen LogP contribution in [-0.4, -0.2) is 22.4 Å². The molecule has 5 nitrogen and oxygen atoms in total. The van der Waals surface area contributed by atoms with Crippen LogP contribution < -0.4 is 10.6 Å². The molecule has 2 heterocycles. The molecule has 0 unspecified atom stereocenters. The molecule has 0 saturated carbocycles. The second-order valence-corrected chi connectivity index (χ2v) is 6.08. The minimum atomic E-state index is -0.0863. The van der Waals surface area contributed by atoms with E-state index < -0.39 is 0 Å². The van der Waals surface area contributed by atoms with Gasteiger partial charge in [0.15, 0.2) is 0 Å². The first-order valence-electron chi connectivity index (χ1n) is 7.34. The summed E-state index contributed by atoms with van der Waals surface area (Å²) in [5.74, 6) is -0.0863. The number of hydrogen-bond donors (Lipinski definition) is 2. The summed E-state index contributed by atoms with van der Waals surface area (Å²) in [6, 6.07) is 5.84. The van der Waals surface area contributed by atoms with E-state index in [2.05, 4.69) is 36.5 Å². The summed E-state index contributed by atoms with van der Waals surface area (Å²) in [5, 5.41) is 6.28. The quantitative estimate of drug-likeness (QED) is 0.882. The van der Waals surface area contributed by atoms with Crippen LogP contribution in [0.5, 0.6) is 0 Å². The van der Waals surface area contributed by atoms with Crippen LogP contribution in [0, 0.1) is 0 Å². The van der Waals surface area contributed by atoms with E-state index in [0.29, 0.717) is 16.7 Å². The Morgan fingerprint density at radius 3 is 3.00 bits per heavy atom. The van der Waals surface area contributed by atoms with Gasteiger partial charge < -0.3 is 10.6 Å². The molecule has 0 atom stereocenters. The molecule has 1 amide bonds. The number of carbonyl (C=O) groups is 1. The highest BCUT2D eigenvalue weighted by Crippen LogP contribution is 2.22. The van der Waals surface area contributed by atoms with Gasteiger partial charge in [-0.25, -0.2) is 4.98 Å². The number of carbonyl (C=O) groups excluding carboxylic acids is 1. The van der Waals surface area contributed by atoms with Crippen molar-refractivity contribution in [2.45, 2.75) is 25.8 Å². The van der Waals surface area contributed by atoms with Crippen LogP contribution in [0.15, 0.2) is 35.2 Å². The van der Waals surface area contributed by atoms with E-state index >= 15 is 0 Å². The van der Waals surface area contributed by atoms with Crippen molar-refractivity contribution in [1.29, 1.82) is 0 Å². The number of anilines is 1. The van der Waals surface area contributed by atoms with Gasteiger partial charge >= 0.3 is 0 Å². The molecule has 3 rings (SSSR count). The van der Waals surface area contributed by atoms with Gasteiger partial charge in [0.1, 0.15) is 4.60 Å². The summed E-state index contributed by atoms with van der Waals surface area (Å²) < 4.78 is 0.681. The van der Waals surface area contributed by atoms with Gasteiger partial charge in [-0.15, -0.1) is 0 Å². The van der Waals surface area contributed by atoms with Crippen LogP contribution in [0.25, 0.3) is 0 Å².